The fourth-order valence-electron chi connectivity index (χ4n) is 5.54. The van der Waals surface area contributed by atoms with Crippen LogP contribution in [0, 0.1) is 5.95 Å². The number of alkyl halides is 3. The normalized spacial score (nSPS) is 20.9. The molecule has 3 heterocycles. The van der Waals surface area contributed by atoms with Crippen LogP contribution >= 0.6 is 0 Å². The third-order valence-electron chi connectivity index (χ3n) is 7.76. The molecule has 1 aliphatic heterocycles. The highest BCUT2D eigenvalue weighted by Gasteiger charge is 2.47. The minimum Gasteiger partial charge on any atom is -0.342 e. The van der Waals surface area contributed by atoms with Gasteiger partial charge in [0, 0.05) is 43.6 Å². The summed E-state index contributed by atoms with van der Waals surface area (Å²) in [4.78, 5) is 43.8. The molecule has 2 aliphatic rings. The maximum absolute atomic E-state index is 15.0. The lowest BCUT2D eigenvalue weighted by Gasteiger charge is -2.35. The van der Waals surface area contributed by atoms with Gasteiger partial charge in [-0.1, -0.05) is 42.5 Å². The number of hydrogen-bond acceptors (Lipinski definition) is 4. The number of halogens is 4. The van der Waals surface area contributed by atoms with Gasteiger partial charge in [0.2, 0.25) is 23.7 Å². The van der Waals surface area contributed by atoms with E-state index in [1.54, 1.807) is 43.5 Å². The highest BCUT2D eigenvalue weighted by atomic mass is 19.3. The van der Waals surface area contributed by atoms with Gasteiger partial charge < -0.3 is 14.8 Å². The Morgan fingerprint density at radius 2 is 1.83 bits per heavy atom. The third-order valence-corrected chi connectivity index (χ3v) is 7.76. The SMILES string of the molecule is CCn1cc(CC(=O)N2C[C@H](F)C[C@H]2C(=O)N[C@@H](c2ccccc2)c2ccc(C3CC(F)(F)C3)c(F)n2)ccc1=O. The van der Waals surface area contributed by atoms with Crippen LogP contribution in [0.4, 0.5) is 17.6 Å². The van der Waals surface area contributed by atoms with Gasteiger partial charge in [-0.3, -0.25) is 14.4 Å². The van der Waals surface area contributed by atoms with Crippen LogP contribution in [0.25, 0.3) is 0 Å². The summed E-state index contributed by atoms with van der Waals surface area (Å²) in [5, 5.41) is 2.81. The first-order valence-corrected chi connectivity index (χ1v) is 13.6. The molecule has 2 amide bonds. The van der Waals surface area contributed by atoms with Crippen LogP contribution in [-0.4, -0.2) is 50.9 Å². The molecule has 2 fully saturated rings. The van der Waals surface area contributed by atoms with Crippen molar-refractivity contribution in [3.63, 3.8) is 0 Å². The van der Waals surface area contributed by atoms with Gasteiger partial charge in [0.15, 0.2) is 0 Å². The molecular weight excluding hydrogens is 540 g/mol. The summed E-state index contributed by atoms with van der Waals surface area (Å²) in [6, 6.07) is 12.4. The molecule has 1 aliphatic carbocycles. The summed E-state index contributed by atoms with van der Waals surface area (Å²) in [7, 11) is 0. The van der Waals surface area contributed by atoms with E-state index in [1.807, 2.05) is 0 Å². The number of hydrogen-bond donors (Lipinski definition) is 1. The highest BCUT2D eigenvalue weighted by molar-refractivity contribution is 5.89. The van der Waals surface area contributed by atoms with Crippen molar-refractivity contribution in [2.24, 2.45) is 0 Å². The smallest absolute Gasteiger partial charge is 0.250 e. The Hall–Kier alpha value is -4.02. The van der Waals surface area contributed by atoms with E-state index in [0.29, 0.717) is 17.7 Å². The molecule has 3 atom stereocenters. The molecular formula is C30H30F4N4O3. The van der Waals surface area contributed by atoms with Crippen molar-refractivity contribution in [2.45, 2.75) is 69.2 Å². The Bertz CT molecular complexity index is 1490. The van der Waals surface area contributed by atoms with Crippen LogP contribution in [0.2, 0.25) is 0 Å². The predicted molar refractivity (Wildman–Crippen MR) is 143 cm³/mol. The summed E-state index contributed by atoms with van der Waals surface area (Å²) in [5.41, 5.74) is 1.17. The molecule has 1 saturated carbocycles. The first-order chi connectivity index (χ1) is 19.5. The monoisotopic (exact) mass is 570 g/mol. The van der Waals surface area contributed by atoms with Crippen molar-refractivity contribution >= 4 is 11.8 Å². The number of amides is 2. The van der Waals surface area contributed by atoms with Gasteiger partial charge in [0.1, 0.15) is 12.2 Å². The van der Waals surface area contributed by atoms with Crippen molar-refractivity contribution in [2.75, 3.05) is 6.54 Å². The second-order valence-corrected chi connectivity index (χ2v) is 10.7. The van der Waals surface area contributed by atoms with Gasteiger partial charge in [0.05, 0.1) is 24.7 Å². The largest absolute Gasteiger partial charge is 0.342 e. The number of aromatic nitrogens is 2. The first-order valence-electron chi connectivity index (χ1n) is 13.6. The van der Waals surface area contributed by atoms with Gasteiger partial charge in [0.25, 0.3) is 5.56 Å². The lowest BCUT2D eigenvalue weighted by atomic mass is 9.77. The second kappa shape index (κ2) is 11.5. The zero-order valence-corrected chi connectivity index (χ0v) is 22.4. The lowest BCUT2D eigenvalue weighted by Crippen LogP contribution is -2.47. The Morgan fingerprint density at radius 1 is 1.10 bits per heavy atom. The summed E-state index contributed by atoms with van der Waals surface area (Å²) < 4.78 is 57.7. The standard InChI is InChI=1S/C30H30F4N4O3/c1-2-37-16-18(8-11-25(37)39)12-26(40)38-17-21(31)13-24(38)29(41)36-27(19-6-4-3-5-7-19)23-10-9-22(28(32)35-23)20-14-30(33,34)15-20/h3-11,16,20-21,24,27H,2,12-15,17H2,1H3,(H,36,41)/t21-,24+,27+/m1/s1. The van der Waals surface area contributed by atoms with Gasteiger partial charge >= 0.3 is 0 Å². The molecule has 0 spiro atoms. The summed E-state index contributed by atoms with van der Waals surface area (Å²) >= 11 is 0. The molecule has 0 radical (unpaired) electrons. The molecule has 0 bridgehead atoms. The number of nitrogens with zero attached hydrogens (tertiary/aromatic N) is 3. The van der Waals surface area contributed by atoms with Crippen molar-refractivity contribution < 1.29 is 27.2 Å². The van der Waals surface area contributed by atoms with Crippen molar-refractivity contribution in [1.82, 2.24) is 19.8 Å². The molecule has 0 unspecified atom stereocenters. The third kappa shape index (κ3) is 6.18. The Kier molecular flexibility index (Phi) is 7.97. The Labute approximate surface area is 234 Å². The van der Waals surface area contributed by atoms with Gasteiger partial charge in [-0.15, -0.1) is 0 Å². The fraction of sp³-hybridized carbons (Fsp3) is 0.400. The molecule has 3 aromatic rings. The number of carbonyl (C=O) groups is 2. The van der Waals surface area contributed by atoms with Crippen LogP contribution in [0.3, 0.4) is 0 Å². The minimum atomic E-state index is -2.81. The fourth-order valence-corrected chi connectivity index (χ4v) is 5.54. The van der Waals surface area contributed by atoms with E-state index in [2.05, 4.69) is 10.3 Å². The van der Waals surface area contributed by atoms with E-state index in [4.69, 9.17) is 0 Å². The minimum absolute atomic E-state index is 0.0973. The maximum atomic E-state index is 15.0. The first kappa shape index (κ1) is 28.5. The number of nitrogens with one attached hydrogen (secondary N) is 1. The zero-order valence-electron chi connectivity index (χ0n) is 22.4. The van der Waals surface area contributed by atoms with Gasteiger partial charge in [-0.2, -0.15) is 4.39 Å². The van der Waals surface area contributed by atoms with Gasteiger partial charge in [-0.05, 0) is 30.0 Å². The molecule has 1 N–H and O–H groups in total. The number of aryl methyl sites for hydroxylation is 1. The number of pyridine rings is 2. The van der Waals surface area contributed by atoms with E-state index >= 15 is 4.39 Å². The molecule has 41 heavy (non-hydrogen) atoms. The molecule has 5 rings (SSSR count). The molecule has 1 saturated heterocycles. The van der Waals surface area contributed by atoms with E-state index < -0.39 is 60.7 Å². The maximum Gasteiger partial charge on any atom is 0.250 e. The van der Waals surface area contributed by atoms with Crippen LogP contribution in [0.15, 0.2) is 65.6 Å². The average molecular weight is 571 g/mol. The van der Waals surface area contributed by atoms with Crippen LogP contribution in [0.5, 0.6) is 0 Å². The number of carbonyl (C=O) groups excluding carboxylic acids is 2. The van der Waals surface area contributed by atoms with Crippen LogP contribution in [0.1, 0.15) is 60.5 Å². The Morgan fingerprint density at radius 3 is 2.49 bits per heavy atom. The molecule has 2 aromatic heterocycles. The predicted octanol–water partition coefficient (Wildman–Crippen LogP) is 4.30. The van der Waals surface area contributed by atoms with E-state index in [0.717, 1.165) is 0 Å². The van der Waals surface area contributed by atoms with Gasteiger partial charge in [-0.25, -0.2) is 18.2 Å². The molecule has 11 heteroatoms. The molecule has 1 aromatic carbocycles. The van der Waals surface area contributed by atoms with Crippen LogP contribution < -0.4 is 10.9 Å². The zero-order chi connectivity index (χ0) is 29.3. The molecule has 216 valence electrons. The van der Waals surface area contributed by atoms with Crippen molar-refractivity contribution in [1.29, 1.82) is 0 Å². The van der Waals surface area contributed by atoms with E-state index in [1.165, 1.54) is 33.7 Å². The van der Waals surface area contributed by atoms with Crippen LogP contribution in [-0.2, 0) is 22.6 Å². The quantitative estimate of drug-likeness (QED) is 0.323. The van der Waals surface area contributed by atoms with Crippen molar-refractivity contribution in [3.8, 4) is 0 Å². The van der Waals surface area contributed by atoms with Crippen molar-refractivity contribution in [3.05, 3.63) is 99.5 Å². The van der Waals surface area contributed by atoms with E-state index in [-0.39, 0.29) is 36.2 Å². The number of rotatable bonds is 8. The Balaban J connectivity index is 1.36. The lowest BCUT2D eigenvalue weighted by molar-refractivity contribution is -0.138. The summed E-state index contributed by atoms with van der Waals surface area (Å²) in [6.07, 6.45) is -1.06. The number of likely N-dealkylation sites (tertiary alicyclic amines) is 1. The summed E-state index contributed by atoms with van der Waals surface area (Å²) in [5.74, 6) is -5.42. The summed E-state index contributed by atoms with van der Waals surface area (Å²) in [6.45, 7) is 1.96. The topological polar surface area (TPSA) is 84.3 Å². The molecule has 7 nitrogen and oxygen atoms in total. The highest BCUT2D eigenvalue weighted by Crippen LogP contribution is 2.48. The second-order valence-electron chi connectivity index (χ2n) is 10.7. The van der Waals surface area contributed by atoms with E-state index in [9.17, 15) is 27.6 Å². The number of benzene rings is 1. The average Bonchev–Trinajstić information content (AvgIpc) is 3.33.